The van der Waals surface area contributed by atoms with E-state index in [1.54, 1.807) is 14.0 Å². The first-order valence-electron chi connectivity index (χ1n) is 10.2. The summed E-state index contributed by atoms with van der Waals surface area (Å²) >= 11 is 0. The van der Waals surface area contributed by atoms with Crippen LogP contribution in [-0.4, -0.2) is 54.1 Å². The SMILES string of the molecule is COc1nc(NC2CC(C)(NC(C)=O)C2)nc2[nH]cc(-c3ccc4nnc(C)n4c3)c12. The summed E-state index contributed by atoms with van der Waals surface area (Å²) in [5.74, 6) is 1.79. The number of H-pyrrole nitrogens is 1. The van der Waals surface area contributed by atoms with Crippen molar-refractivity contribution in [2.24, 2.45) is 0 Å². The van der Waals surface area contributed by atoms with Crippen molar-refractivity contribution in [1.82, 2.24) is 34.9 Å². The molecule has 1 amide bonds. The normalized spacial score (nSPS) is 20.6. The third-order valence-electron chi connectivity index (χ3n) is 5.78. The van der Waals surface area contributed by atoms with Crippen molar-refractivity contribution in [3.05, 3.63) is 30.4 Å². The number of amides is 1. The van der Waals surface area contributed by atoms with Crippen molar-refractivity contribution in [1.29, 1.82) is 0 Å². The minimum atomic E-state index is -0.184. The van der Waals surface area contributed by atoms with Crippen LogP contribution in [0.1, 0.15) is 32.5 Å². The summed E-state index contributed by atoms with van der Waals surface area (Å²) in [6, 6.07) is 4.11. The molecule has 31 heavy (non-hydrogen) atoms. The molecule has 0 spiro atoms. The maximum absolute atomic E-state index is 11.4. The van der Waals surface area contributed by atoms with Crippen LogP contribution in [0.5, 0.6) is 5.88 Å². The number of carbonyl (C=O) groups is 1. The number of hydrogen-bond donors (Lipinski definition) is 3. The first-order chi connectivity index (χ1) is 14.8. The van der Waals surface area contributed by atoms with Gasteiger partial charge in [-0.3, -0.25) is 9.20 Å². The first-order valence-corrected chi connectivity index (χ1v) is 10.2. The van der Waals surface area contributed by atoms with E-state index in [0.717, 1.165) is 40.8 Å². The fourth-order valence-corrected chi connectivity index (χ4v) is 4.44. The van der Waals surface area contributed by atoms with Gasteiger partial charge in [-0.15, -0.1) is 10.2 Å². The molecule has 1 aliphatic carbocycles. The Hall–Kier alpha value is -3.69. The average Bonchev–Trinajstić information content (AvgIpc) is 3.29. The van der Waals surface area contributed by atoms with Gasteiger partial charge in [0.05, 0.1) is 12.5 Å². The lowest BCUT2D eigenvalue weighted by Gasteiger charge is -2.45. The van der Waals surface area contributed by atoms with Gasteiger partial charge in [0.25, 0.3) is 0 Å². The molecule has 0 unspecified atom stereocenters. The number of hydrogen-bond acceptors (Lipinski definition) is 7. The molecule has 1 aliphatic rings. The molecule has 4 heterocycles. The molecule has 10 heteroatoms. The molecular weight excluding hydrogens is 396 g/mol. The second kappa shape index (κ2) is 6.93. The standard InChI is InChI=1S/C21H24N8O2/c1-11-27-28-16-6-5-13(10-29(11)16)15-9-22-18-17(15)19(31-4)25-20(24-18)23-14-7-21(3,8-14)26-12(2)30/h5-6,9-10,14H,7-8H2,1-4H3,(H,26,30)(H2,22,23,24,25). The number of ether oxygens (including phenoxy) is 1. The molecule has 4 aromatic rings. The van der Waals surface area contributed by atoms with Gasteiger partial charge in [-0.1, -0.05) is 0 Å². The minimum Gasteiger partial charge on any atom is -0.480 e. The Morgan fingerprint density at radius 2 is 2.10 bits per heavy atom. The number of anilines is 1. The van der Waals surface area contributed by atoms with E-state index in [2.05, 4.69) is 35.8 Å². The molecule has 5 rings (SSSR count). The van der Waals surface area contributed by atoms with Gasteiger partial charge in [-0.2, -0.15) is 9.97 Å². The predicted octanol–water partition coefficient (Wildman–Crippen LogP) is 2.45. The van der Waals surface area contributed by atoms with E-state index in [0.29, 0.717) is 17.5 Å². The van der Waals surface area contributed by atoms with Crippen molar-refractivity contribution < 1.29 is 9.53 Å². The number of carbonyl (C=O) groups excluding carboxylic acids is 1. The number of nitrogens with one attached hydrogen (secondary N) is 3. The Morgan fingerprint density at radius 3 is 2.84 bits per heavy atom. The summed E-state index contributed by atoms with van der Waals surface area (Å²) in [5, 5.41) is 15.4. The number of methoxy groups -OCH3 is 1. The lowest BCUT2D eigenvalue weighted by Crippen LogP contribution is -2.59. The van der Waals surface area contributed by atoms with Crippen LogP contribution in [0.4, 0.5) is 5.95 Å². The van der Waals surface area contributed by atoms with Crippen LogP contribution in [0.3, 0.4) is 0 Å². The van der Waals surface area contributed by atoms with Gasteiger partial charge in [0, 0.05) is 42.0 Å². The molecule has 0 bridgehead atoms. The maximum atomic E-state index is 11.4. The molecule has 160 valence electrons. The van der Waals surface area contributed by atoms with Crippen LogP contribution in [0.2, 0.25) is 0 Å². The van der Waals surface area contributed by atoms with Crippen LogP contribution < -0.4 is 15.4 Å². The van der Waals surface area contributed by atoms with E-state index >= 15 is 0 Å². The van der Waals surface area contributed by atoms with Crippen LogP contribution in [0.15, 0.2) is 24.5 Å². The van der Waals surface area contributed by atoms with E-state index in [4.69, 9.17) is 4.74 Å². The van der Waals surface area contributed by atoms with E-state index in [-0.39, 0.29) is 17.5 Å². The molecule has 1 saturated carbocycles. The summed E-state index contributed by atoms with van der Waals surface area (Å²) in [4.78, 5) is 23.8. The summed E-state index contributed by atoms with van der Waals surface area (Å²) in [7, 11) is 1.60. The summed E-state index contributed by atoms with van der Waals surface area (Å²) < 4.78 is 7.56. The summed E-state index contributed by atoms with van der Waals surface area (Å²) in [5.41, 5.74) is 3.22. The highest BCUT2D eigenvalue weighted by atomic mass is 16.5. The van der Waals surface area contributed by atoms with Crippen molar-refractivity contribution in [2.45, 2.75) is 45.2 Å². The van der Waals surface area contributed by atoms with Crippen molar-refractivity contribution in [3.8, 4) is 17.0 Å². The van der Waals surface area contributed by atoms with Crippen molar-refractivity contribution in [2.75, 3.05) is 12.4 Å². The Labute approximate surface area is 178 Å². The molecule has 0 radical (unpaired) electrons. The van der Waals surface area contributed by atoms with E-state index in [1.807, 2.05) is 42.8 Å². The molecule has 4 aromatic heterocycles. The zero-order chi connectivity index (χ0) is 21.8. The number of pyridine rings is 1. The number of nitrogens with zero attached hydrogens (tertiary/aromatic N) is 5. The Balaban J connectivity index is 1.45. The molecular formula is C21H24N8O2. The number of rotatable bonds is 5. The van der Waals surface area contributed by atoms with Crippen LogP contribution in [-0.2, 0) is 4.79 Å². The Bertz CT molecular complexity index is 1300. The lowest BCUT2D eigenvalue weighted by molar-refractivity contribution is -0.121. The van der Waals surface area contributed by atoms with Crippen LogP contribution in [0, 0.1) is 6.92 Å². The maximum Gasteiger partial charge on any atom is 0.228 e. The molecule has 0 atom stereocenters. The molecule has 1 fully saturated rings. The first kappa shape index (κ1) is 19.3. The topological polar surface area (TPSA) is 122 Å². The number of aromatic nitrogens is 6. The summed E-state index contributed by atoms with van der Waals surface area (Å²) in [6.07, 6.45) is 5.52. The lowest BCUT2D eigenvalue weighted by atomic mass is 9.74. The quantitative estimate of drug-likeness (QED) is 0.453. The van der Waals surface area contributed by atoms with Crippen molar-refractivity contribution >= 4 is 28.5 Å². The van der Waals surface area contributed by atoms with Gasteiger partial charge in [0.1, 0.15) is 11.5 Å². The largest absolute Gasteiger partial charge is 0.480 e. The Morgan fingerprint density at radius 1 is 1.29 bits per heavy atom. The van der Waals surface area contributed by atoms with E-state index in [1.165, 1.54) is 0 Å². The number of fused-ring (bicyclic) bond motifs is 2. The van der Waals surface area contributed by atoms with Crippen molar-refractivity contribution in [3.63, 3.8) is 0 Å². The second-order valence-electron chi connectivity index (χ2n) is 8.37. The van der Waals surface area contributed by atoms with E-state index < -0.39 is 0 Å². The highest BCUT2D eigenvalue weighted by Gasteiger charge is 2.41. The second-order valence-corrected chi connectivity index (χ2v) is 8.37. The van der Waals surface area contributed by atoms with Gasteiger partial charge < -0.3 is 20.4 Å². The number of aryl methyl sites for hydroxylation is 1. The molecule has 10 nitrogen and oxygen atoms in total. The molecule has 3 N–H and O–H groups in total. The average molecular weight is 420 g/mol. The smallest absolute Gasteiger partial charge is 0.228 e. The fraction of sp³-hybridized carbons (Fsp3) is 0.381. The molecule has 0 saturated heterocycles. The molecule has 0 aromatic carbocycles. The zero-order valence-electron chi connectivity index (χ0n) is 17.9. The zero-order valence-corrected chi connectivity index (χ0v) is 17.9. The van der Waals surface area contributed by atoms with E-state index in [9.17, 15) is 4.79 Å². The molecule has 0 aliphatic heterocycles. The van der Waals surface area contributed by atoms with Gasteiger partial charge in [-0.05, 0) is 38.8 Å². The highest BCUT2D eigenvalue weighted by Crippen LogP contribution is 2.37. The fourth-order valence-electron chi connectivity index (χ4n) is 4.44. The number of aromatic amines is 1. The summed E-state index contributed by atoms with van der Waals surface area (Å²) in [6.45, 7) is 5.50. The Kier molecular flexibility index (Phi) is 4.31. The van der Waals surface area contributed by atoms with Crippen LogP contribution in [0.25, 0.3) is 27.8 Å². The third-order valence-corrected chi connectivity index (χ3v) is 5.78. The van der Waals surface area contributed by atoms with Gasteiger partial charge >= 0.3 is 0 Å². The highest BCUT2D eigenvalue weighted by molar-refractivity contribution is 5.97. The third kappa shape index (κ3) is 3.33. The van der Waals surface area contributed by atoms with Gasteiger partial charge in [-0.25, -0.2) is 0 Å². The predicted molar refractivity (Wildman–Crippen MR) is 116 cm³/mol. The monoisotopic (exact) mass is 420 g/mol. The van der Waals surface area contributed by atoms with Crippen LogP contribution >= 0.6 is 0 Å². The van der Waals surface area contributed by atoms with Gasteiger partial charge in [0.15, 0.2) is 5.65 Å². The van der Waals surface area contributed by atoms with Gasteiger partial charge in [0.2, 0.25) is 17.7 Å². The minimum absolute atomic E-state index is 0.0148.